The van der Waals surface area contributed by atoms with Gasteiger partial charge in [0.15, 0.2) is 11.6 Å². The molecule has 0 saturated heterocycles. The first-order valence-corrected chi connectivity index (χ1v) is 10.2. The Hall–Kier alpha value is -3.48. The van der Waals surface area contributed by atoms with Crippen molar-refractivity contribution >= 4 is 27.6 Å². The van der Waals surface area contributed by atoms with Crippen molar-refractivity contribution in [2.75, 3.05) is 7.05 Å². The molecule has 1 aliphatic carbocycles. The maximum atomic E-state index is 14.1. The number of pyridine rings is 1. The fourth-order valence-electron chi connectivity index (χ4n) is 4.73. The normalized spacial score (nSPS) is 15.9. The van der Waals surface area contributed by atoms with Gasteiger partial charge in [0, 0.05) is 29.2 Å². The van der Waals surface area contributed by atoms with Crippen molar-refractivity contribution in [2.24, 2.45) is 0 Å². The van der Waals surface area contributed by atoms with Gasteiger partial charge in [0.05, 0.1) is 11.4 Å². The van der Waals surface area contributed by atoms with Gasteiger partial charge >= 0.3 is 0 Å². The lowest BCUT2D eigenvalue weighted by atomic mass is 9.86. The predicted octanol–water partition coefficient (Wildman–Crippen LogP) is 4.75. The van der Waals surface area contributed by atoms with Crippen LogP contribution < -0.4 is 5.56 Å². The van der Waals surface area contributed by atoms with Crippen LogP contribution in [0.4, 0.5) is 8.78 Å². The second-order valence-corrected chi connectivity index (χ2v) is 8.20. The molecule has 2 aromatic carbocycles. The lowest BCUT2D eigenvalue weighted by molar-refractivity contribution is 0.0711. The number of halogens is 2. The lowest BCUT2D eigenvalue weighted by Gasteiger charge is -2.33. The van der Waals surface area contributed by atoms with Crippen LogP contribution >= 0.6 is 0 Å². The quantitative estimate of drug-likeness (QED) is 0.491. The van der Waals surface area contributed by atoms with Gasteiger partial charge in [0.2, 0.25) is 0 Å². The summed E-state index contributed by atoms with van der Waals surface area (Å²) in [7, 11) is 1.71. The molecular formula is C24H21F2N3O2. The third-order valence-electron chi connectivity index (χ3n) is 6.32. The molecule has 0 unspecified atom stereocenters. The number of hydrogen-bond donors (Lipinski definition) is 2. The van der Waals surface area contributed by atoms with Crippen molar-refractivity contribution in [2.45, 2.75) is 32.2 Å². The molecule has 4 aromatic rings. The maximum Gasteiger partial charge on any atom is 0.270 e. The number of rotatable bonds is 2. The van der Waals surface area contributed by atoms with E-state index >= 15 is 0 Å². The lowest BCUT2D eigenvalue weighted by Crippen LogP contribution is -2.34. The van der Waals surface area contributed by atoms with E-state index in [9.17, 15) is 18.4 Å². The van der Waals surface area contributed by atoms with E-state index in [-0.39, 0.29) is 17.3 Å². The summed E-state index contributed by atoms with van der Waals surface area (Å²) in [6.45, 7) is 1.99. The second kappa shape index (κ2) is 7.04. The standard InChI is InChI=1S/C24H21F2N3O2/c1-12-5-3-6-18-13(12)11-20(27-18)24(31)29(2)21-8-4-7-19-22(21)14-9-16(25)17(26)10-15(14)23(30)28-19/h3,5-6,9-11,21,27H,4,7-8H2,1-2H3,(H,28,30)/t21-/m1/s1. The van der Waals surface area contributed by atoms with Gasteiger partial charge in [-0.15, -0.1) is 0 Å². The number of aromatic amines is 2. The molecule has 2 heterocycles. The first-order valence-electron chi connectivity index (χ1n) is 10.2. The molecule has 5 rings (SSSR count). The van der Waals surface area contributed by atoms with Crippen molar-refractivity contribution < 1.29 is 13.6 Å². The molecule has 0 aliphatic heterocycles. The molecule has 0 fully saturated rings. The van der Waals surface area contributed by atoms with E-state index in [1.165, 1.54) is 0 Å². The van der Waals surface area contributed by atoms with Crippen LogP contribution in [-0.2, 0) is 6.42 Å². The highest BCUT2D eigenvalue weighted by Gasteiger charge is 2.31. The second-order valence-electron chi connectivity index (χ2n) is 8.20. The minimum atomic E-state index is -1.07. The van der Waals surface area contributed by atoms with Gasteiger partial charge in [0.1, 0.15) is 5.69 Å². The number of aryl methyl sites for hydroxylation is 2. The number of nitrogens with zero attached hydrogens (tertiary/aromatic N) is 1. The summed E-state index contributed by atoms with van der Waals surface area (Å²) in [5.74, 6) is -2.27. The summed E-state index contributed by atoms with van der Waals surface area (Å²) in [6.07, 6.45) is 2.05. The number of amides is 1. The number of hydrogen-bond acceptors (Lipinski definition) is 2. The molecule has 7 heteroatoms. The summed E-state index contributed by atoms with van der Waals surface area (Å²) in [5.41, 5.74) is 3.32. The molecule has 0 bridgehead atoms. The number of nitrogens with one attached hydrogen (secondary N) is 2. The molecule has 0 radical (unpaired) electrons. The van der Waals surface area contributed by atoms with Crippen LogP contribution in [0, 0.1) is 18.6 Å². The number of aromatic nitrogens is 2. The molecule has 1 amide bonds. The van der Waals surface area contributed by atoms with E-state index in [1.807, 2.05) is 31.2 Å². The summed E-state index contributed by atoms with van der Waals surface area (Å²) in [6, 6.07) is 9.31. The first-order chi connectivity index (χ1) is 14.8. The maximum absolute atomic E-state index is 14.1. The zero-order chi connectivity index (χ0) is 21.9. The Morgan fingerprint density at radius 1 is 1.06 bits per heavy atom. The van der Waals surface area contributed by atoms with Gasteiger partial charge in [-0.25, -0.2) is 8.78 Å². The van der Waals surface area contributed by atoms with E-state index in [2.05, 4.69) is 9.97 Å². The van der Waals surface area contributed by atoms with E-state index in [0.29, 0.717) is 35.2 Å². The minimum Gasteiger partial charge on any atom is -0.351 e. The van der Waals surface area contributed by atoms with Crippen molar-refractivity contribution in [3.63, 3.8) is 0 Å². The predicted molar refractivity (Wildman–Crippen MR) is 115 cm³/mol. The molecule has 5 nitrogen and oxygen atoms in total. The molecule has 0 spiro atoms. The van der Waals surface area contributed by atoms with Crippen LogP contribution in [-0.4, -0.2) is 27.8 Å². The Morgan fingerprint density at radius 3 is 2.55 bits per heavy atom. The zero-order valence-electron chi connectivity index (χ0n) is 17.2. The fourth-order valence-corrected chi connectivity index (χ4v) is 4.73. The van der Waals surface area contributed by atoms with E-state index in [0.717, 1.165) is 35.0 Å². The highest BCUT2D eigenvalue weighted by atomic mass is 19.2. The summed E-state index contributed by atoms with van der Waals surface area (Å²) < 4.78 is 27.9. The largest absolute Gasteiger partial charge is 0.351 e. The Balaban J connectivity index is 1.62. The molecule has 2 aromatic heterocycles. The number of carbonyl (C=O) groups is 1. The van der Waals surface area contributed by atoms with Crippen LogP contribution in [0.2, 0.25) is 0 Å². The van der Waals surface area contributed by atoms with E-state index in [4.69, 9.17) is 0 Å². The number of benzene rings is 2. The van der Waals surface area contributed by atoms with Crippen molar-refractivity contribution in [1.29, 1.82) is 0 Å². The summed E-state index contributed by atoms with van der Waals surface area (Å²) >= 11 is 0. The van der Waals surface area contributed by atoms with Gasteiger partial charge in [0.25, 0.3) is 11.5 Å². The van der Waals surface area contributed by atoms with E-state index in [1.54, 1.807) is 11.9 Å². The molecule has 31 heavy (non-hydrogen) atoms. The van der Waals surface area contributed by atoms with Gasteiger partial charge in [-0.3, -0.25) is 9.59 Å². The zero-order valence-corrected chi connectivity index (χ0v) is 17.2. The minimum absolute atomic E-state index is 0.0895. The van der Waals surface area contributed by atoms with Crippen LogP contribution in [0.15, 0.2) is 41.2 Å². The number of fused-ring (bicyclic) bond motifs is 4. The average molecular weight is 421 g/mol. The van der Waals surface area contributed by atoms with Gasteiger partial charge < -0.3 is 14.9 Å². The fraction of sp³-hybridized carbons (Fsp3) is 0.250. The number of carbonyl (C=O) groups excluding carboxylic acids is 1. The van der Waals surface area contributed by atoms with Crippen LogP contribution in [0.5, 0.6) is 0 Å². The van der Waals surface area contributed by atoms with Gasteiger partial charge in [-0.1, -0.05) is 12.1 Å². The Kier molecular flexibility index (Phi) is 4.43. The van der Waals surface area contributed by atoms with Crippen LogP contribution in [0.3, 0.4) is 0 Å². The smallest absolute Gasteiger partial charge is 0.270 e. The number of H-pyrrole nitrogens is 2. The molecule has 1 aliphatic rings. The summed E-state index contributed by atoms with van der Waals surface area (Å²) in [5, 5.41) is 1.43. The topological polar surface area (TPSA) is 69.0 Å². The van der Waals surface area contributed by atoms with Crippen molar-refractivity contribution in [3.05, 3.63) is 80.9 Å². The Bertz CT molecular complexity index is 1420. The molecule has 2 N–H and O–H groups in total. The third kappa shape index (κ3) is 3.03. The Labute approximate surface area is 176 Å². The molecule has 0 saturated carbocycles. The van der Waals surface area contributed by atoms with E-state index < -0.39 is 17.2 Å². The third-order valence-corrected chi connectivity index (χ3v) is 6.32. The highest BCUT2D eigenvalue weighted by Crippen LogP contribution is 2.37. The van der Waals surface area contributed by atoms with Crippen molar-refractivity contribution in [3.8, 4) is 0 Å². The van der Waals surface area contributed by atoms with Gasteiger partial charge in [-0.2, -0.15) is 0 Å². The summed E-state index contributed by atoms with van der Waals surface area (Å²) in [4.78, 5) is 33.4. The molecular weight excluding hydrogens is 400 g/mol. The molecule has 158 valence electrons. The monoisotopic (exact) mass is 421 g/mol. The first kappa shape index (κ1) is 19.5. The highest BCUT2D eigenvalue weighted by molar-refractivity contribution is 5.99. The SMILES string of the molecule is Cc1cccc2[nH]c(C(=O)N(C)[C@@H]3CCCc4[nH]c(=O)c5cc(F)c(F)cc5c43)cc12. The van der Waals surface area contributed by atoms with Crippen LogP contribution in [0.1, 0.15) is 46.2 Å². The average Bonchev–Trinajstić information content (AvgIpc) is 3.19. The Morgan fingerprint density at radius 2 is 1.81 bits per heavy atom. The van der Waals surface area contributed by atoms with Crippen molar-refractivity contribution in [1.82, 2.24) is 14.9 Å². The van der Waals surface area contributed by atoms with Gasteiger partial charge in [-0.05, 0) is 61.4 Å². The molecule has 1 atom stereocenters. The van der Waals surface area contributed by atoms with Crippen LogP contribution in [0.25, 0.3) is 21.7 Å².